The molecule has 0 saturated carbocycles. The minimum Gasteiger partial charge on any atom is -0.497 e. The molecule has 0 aliphatic rings. The number of nitrogens with zero attached hydrogens (tertiary/aromatic N) is 1. The largest absolute Gasteiger partial charge is 0.497 e. The van der Waals surface area contributed by atoms with Crippen LogP contribution in [0, 0.1) is 6.92 Å². The number of aliphatic hydroxyl groups excluding tert-OH is 1. The summed E-state index contributed by atoms with van der Waals surface area (Å²) >= 11 is 0. The van der Waals surface area contributed by atoms with Gasteiger partial charge in [0, 0.05) is 17.8 Å². The maximum atomic E-state index is 12.2. The van der Waals surface area contributed by atoms with E-state index in [2.05, 4.69) is 15.3 Å². The van der Waals surface area contributed by atoms with E-state index in [4.69, 9.17) is 4.74 Å². The molecule has 1 unspecified atom stereocenters. The molecule has 23 heavy (non-hydrogen) atoms. The van der Waals surface area contributed by atoms with Gasteiger partial charge in [0.15, 0.2) is 0 Å². The van der Waals surface area contributed by atoms with Crippen LogP contribution in [0.25, 0.3) is 11.4 Å². The Labute approximate surface area is 135 Å². The summed E-state index contributed by atoms with van der Waals surface area (Å²) in [5.41, 5.74) is 1.93. The number of benzene rings is 1. The highest BCUT2D eigenvalue weighted by atomic mass is 16.5. The summed E-state index contributed by atoms with van der Waals surface area (Å²) in [4.78, 5) is 19.7. The quantitative estimate of drug-likeness (QED) is 0.731. The van der Waals surface area contributed by atoms with Crippen LogP contribution in [0.5, 0.6) is 5.75 Å². The summed E-state index contributed by atoms with van der Waals surface area (Å²) < 4.78 is 5.20. The van der Waals surface area contributed by atoms with E-state index in [1.165, 1.54) is 0 Å². The van der Waals surface area contributed by atoms with Crippen LogP contribution in [0.3, 0.4) is 0 Å². The number of methoxy groups -OCH3 is 1. The summed E-state index contributed by atoms with van der Waals surface area (Å²) in [6.45, 7) is 4.14. The van der Waals surface area contributed by atoms with Crippen LogP contribution < -0.4 is 10.1 Å². The van der Waals surface area contributed by atoms with Gasteiger partial charge in [-0.1, -0.05) is 19.1 Å². The molecule has 1 heterocycles. The summed E-state index contributed by atoms with van der Waals surface area (Å²) in [6.07, 6.45) is 0.828. The fourth-order valence-corrected chi connectivity index (χ4v) is 2.23. The minimum atomic E-state index is -0.386. The smallest absolute Gasteiger partial charge is 0.271 e. The Hall–Kier alpha value is -2.34. The number of H-pyrrole nitrogens is 1. The first kappa shape index (κ1) is 17.0. The molecule has 0 radical (unpaired) electrons. The van der Waals surface area contributed by atoms with E-state index in [0.717, 1.165) is 11.3 Å². The molecule has 0 spiro atoms. The average molecular weight is 317 g/mol. The molecule has 2 aromatic rings. The van der Waals surface area contributed by atoms with Gasteiger partial charge in [0.2, 0.25) is 0 Å². The van der Waals surface area contributed by atoms with Gasteiger partial charge in [-0.15, -0.1) is 0 Å². The van der Waals surface area contributed by atoms with Crippen molar-refractivity contribution in [3.8, 4) is 17.1 Å². The summed E-state index contributed by atoms with van der Waals surface area (Å²) in [5.74, 6) is 1.12. The average Bonchev–Trinajstić information content (AvgIpc) is 2.96. The molecule has 0 fully saturated rings. The zero-order valence-electron chi connectivity index (χ0n) is 13.7. The van der Waals surface area contributed by atoms with Crippen LogP contribution in [-0.4, -0.2) is 40.7 Å². The third kappa shape index (κ3) is 4.32. The summed E-state index contributed by atoms with van der Waals surface area (Å²) in [6, 6.07) is 7.49. The predicted molar refractivity (Wildman–Crippen MR) is 88.6 cm³/mol. The second-order valence-electron chi connectivity index (χ2n) is 5.40. The molecule has 0 aliphatic heterocycles. The van der Waals surface area contributed by atoms with Crippen molar-refractivity contribution in [1.82, 2.24) is 15.3 Å². The number of aromatic nitrogens is 2. The topological polar surface area (TPSA) is 87.2 Å². The zero-order valence-corrected chi connectivity index (χ0v) is 13.7. The van der Waals surface area contributed by atoms with Gasteiger partial charge in [0.1, 0.15) is 17.3 Å². The lowest BCUT2D eigenvalue weighted by Gasteiger charge is -2.08. The van der Waals surface area contributed by atoms with Crippen molar-refractivity contribution in [1.29, 1.82) is 0 Å². The van der Waals surface area contributed by atoms with E-state index in [9.17, 15) is 9.90 Å². The van der Waals surface area contributed by atoms with Gasteiger partial charge in [-0.2, -0.15) is 0 Å². The lowest BCUT2D eigenvalue weighted by atomic mass is 10.2. The fraction of sp³-hybridized carbons (Fsp3) is 0.412. The van der Waals surface area contributed by atoms with Gasteiger partial charge in [-0.05, 0) is 31.9 Å². The monoisotopic (exact) mass is 317 g/mol. The van der Waals surface area contributed by atoms with Crippen molar-refractivity contribution in [2.75, 3.05) is 13.7 Å². The Balaban J connectivity index is 2.09. The second kappa shape index (κ2) is 7.78. The first-order valence-corrected chi connectivity index (χ1v) is 7.72. The van der Waals surface area contributed by atoms with Gasteiger partial charge in [-0.3, -0.25) is 4.79 Å². The molecule has 2 rings (SSSR count). The van der Waals surface area contributed by atoms with Crippen molar-refractivity contribution in [3.63, 3.8) is 0 Å². The van der Waals surface area contributed by atoms with Crippen LogP contribution >= 0.6 is 0 Å². The number of aliphatic hydroxyl groups is 1. The molecule has 6 nitrogen and oxygen atoms in total. The summed E-state index contributed by atoms with van der Waals surface area (Å²) in [5, 5.41) is 12.3. The molecule has 0 aliphatic carbocycles. The molecule has 3 N–H and O–H groups in total. The van der Waals surface area contributed by atoms with E-state index in [-0.39, 0.29) is 12.0 Å². The Morgan fingerprint density at radius 3 is 2.96 bits per heavy atom. The highest BCUT2D eigenvalue weighted by Gasteiger charge is 2.16. The number of nitrogens with one attached hydrogen (secondary N) is 2. The maximum absolute atomic E-state index is 12.2. The zero-order chi connectivity index (χ0) is 16.8. The van der Waals surface area contributed by atoms with Gasteiger partial charge < -0.3 is 20.1 Å². The Morgan fingerprint density at radius 1 is 1.48 bits per heavy atom. The number of rotatable bonds is 7. The van der Waals surface area contributed by atoms with Crippen LogP contribution in [-0.2, 0) is 0 Å². The number of carbonyl (C=O) groups is 1. The van der Waals surface area contributed by atoms with Crippen LogP contribution in [0.1, 0.15) is 35.9 Å². The van der Waals surface area contributed by atoms with Gasteiger partial charge >= 0.3 is 0 Å². The van der Waals surface area contributed by atoms with E-state index in [0.29, 0.717) is 36.6 Å². The maximum Gasteiger partial charge on any atom is 0.271 e. The molecule has 1 atom stereocenters. The number of carbonyl (C=O) groups excluding carboxylic acids is 1. The van der Waals surface area contributed by atoms with Gasteiger partial charge in [0.25, 0.3) is 5.91 Å². The van der Waals surface area contributed by atoms with Gasteiger partial charge in [-0.25, -0.2) is 4.98 Å². The molecule has 1 aromatic carbocycles. The van der Waals surface area contributed by atoms with E-state index >= 15 is 0 Å². The summed E-state index contributed by atoms with van der Waals surface area (Å²) in [7, 11) is 1.61. The number of aryl methyl sites for hydroxylation is 1. The van der Waals surface area contributed by atoms with Crippen molar-refractivity contribution in [2.24, 2.45) is 0 Å². The molecule has 1 amide bonds. The molecule has 0 bridgehead atoms. The Kier molecular flexibility index (Phi) is 5.76. The minimum absolute atomic E-state index is 0.240. The number of imidazole rings is 1. The third-order valence-corrected chi connectivity index (χ3v) is 3.68. The lowest BCUT2D eigenvalue weighted by Crippen LogP contribution is -2.27. The van der Waals surface area contributed by atoms with Crippen molar-refractivity contribution >= 4 is 5.91 Å². The van der Waals surface area contributed by atoms with Crippen LogP contribution in [0.2, 0.25) is 0 Å². The second-order valence-corrected chi connectivity index (χ2v) is 5.40. The standard InChI is InChI=1S/C17H23N3O3/c1-4-13(21)8-9-18-17(22)15-11(2)19-16(20-15)12-6-5-7-14(10-12)23-3/h5-7,10,13,21H,4,8-9H2,1-3H3,(H,18,22)(H,19,20). The number of amides is 1. The number of hydrogen-bond acceptors (Lipinski definition) is 4. The predicted octanol–water partition coefficient (Wildman–Crippen LogP) is 2.28. The lowest BCUT2D eigenvalue weighted by molar-refractivity contribution is 0.0937. The first-order valence-electron chi connectivity index (χ1n) is 7.72. The number of aromatic amines is 1. The fourth-order valence-electron chi connectivity index (χ4n) is 2.23. The third-order valence-electron chi connectivity index (χ3n) is 3.68. The van der Waals surface area contributed by atoms with Crippen LogP contribution in [0.15, 0.2) is 24.3 Å². The molecule has 0 saturated heterocycles. The van der Waals surface area contributed by atoms with E-state index in [1.807, 2.05) is 38.1 Å². The van der Waals surface area contributed by atoms with Crippen LogP contribution in [0.4, 0.5) is 0 Å². The Morgan fingerprint density at radius 2 is 2.26 bits per heavy atom. The van der Waals surface area contributed by atoms with Crippen molar-refractivity contribution in [3.05, 3.63) is 35.7 Å². The molecule has 124 valence electrons. The van der Waals surface area contributed by atoms with Gasteiger partial charge in [0.05, 0.1) is 13.2 Å². The SMILES string of the molecule is CCC(O)CCNC(=O)c1nc(-c2cccc(OC)c2)[nH]c1C. The number of ether oxygens (including phenoxy) is 1. The molecular formula is C17H23N3O3. The normalized spacial score (nSPS) is 12.0. The van der Waals surface area contributed by atoms with E-state index in [1.54, 1.807) is 7.11 Å². The Bertz CT molecular complexity index is 667. The van der Waals surface area contributed by atoms with Crippen molar-refractivity contribution in [2.45, 2.75) is 32.8 Å². The van der Waals surface area contributed by atoms with E-state index < -0.39 is 0 Å². The molecule has 1 aromatic heterocycles. The molecule has 6 heteroatoms. The highest BCUT2D eigenvalue weighted by molar-refractivity contribution is 5.94. The first-order chi connectivity index (χ1) is 11.0. The molecular weight excluding hydrogens is 294 g/mol. The number of hydrogen-bond donors (Lipinski definition) is 3. The highest BCUT2D eigenvalue weighted by Crippen LogP contribution is 2.22. The van der Waals surface area contributed by atoms with Crippen molar-refractivity contribution < 1.29 is 14.6 Å².